The molecule has 0 amide bonds. The van der Waals surface area contributed by atoms with Crippen molar-refractivity contribution < 1.29 is 14.3 Å². The zero-order valence-electron chi connectivity index (χ0n) is 6.60. The third-order valence-corrected chi connectivity index (χ3v) is 1.35. The van der Waals surface area contributed by atoms with Crippen molar-refractivity contribution in [3.05, 3.63) is 24.3 Å². The van der Waals surface area contributed by atoms with Gasteiger partial charge in [0.25, 0.3) is 0 Å². The largest absolute Gasteiger partial charge is 0.324 e. The molecule has 5 N–H and O–H groups in total. The molecule has 0 saturated heterocycles. The number of nitrogens with two attached hydrogens (primary N) is 2. The Morgan fingerprint density at radius 1 is 1.23 bits per heavy atom. The number of benzene rings is 1. The molecular weight excluding hydrogens is 194 g/mol. The fourth-order valence-corrected chi connectivity index (χ4v) is 0.736. The van der Waals surface area contributed by atoms with Gasteiger partial charge in [0.05, 0.1) is 0 Å². The van der Waals surface area contributed by atoms with Crippen LogP contribution >= 0.6 is 12.2 Å². The molecule has 0 unspecified atom stereocenters. The van der Waals surface area contributed by atoms with Crippen LogP contribution in [0.3, 0.4) is 0 Å². The summed E-state index contributed by atoms with van der Waals surface area (Å²) in [5, 5.41) is 9.13. The van der Waals surface area contributed by atoms with Crippen LogP contribution in [0.2, 0.25) is 0 Å². The molecule has 0 aliphatic rings. The molecule has 7 heteroatoms. The zero-order chi connectivity index (χ0) is 9.52. The first kappa shape index (κ1) is 10.1. The summed E-state index contributed by atoms with van der Waals surface area (Å²) in [6.07, 6.45) is 0. The molecule has 0 fully saturated rings. The average molecular weight is 203 g/mol. The van der Waals surface area contributed by atoms with Gasteiger partial charge >= 0.3 is 0 Å². The van der Waals surface area contributed by atoms with Gasteiger partial charge in [-0.05, 0) is 29.3 Å². The number of rotatable bonds is 5. The lowest BCUT2D eigenvalue weighted by atomic mass is 10.3. The van der Waals surface area contributed by atoms with Crippen LogP contribution in [0, 0.1) is 0 Å². The van der Waals surface area contributed by atoms with Crippen molar-refractivity contribution in [2.45, 2.75) is 0 Å². The highest BCUT2D eigenvalue weighted by molar-refractivity contribution is 7.92. The minimum Gasteiger partial charge on any atom is -0.324 e. The first-order valence-electron chi connectivity index (χ1n) is 3.30. The fourth-order valence-electron chi connectivity index (χ4n) is 0.676. The van der Waals surface area contributed by atoms with Crippen LogP contribution in [-0.4, -0.2) is 0 Å². The van der Waals surface area contributed by atoms with E-state index in [2.05, 4.69) is 19.7 Å². The summed E-state index contributed by atoms with van der Waals surface area (Å²) >= 11 is 0.549. The summed E-state index contributed by atoms with van der Waals surface area (Å²) in [5.41, 5.74) is 3.23. The SMILES string of the molecule is NNc1ccc(OOOSN)cc1. The number of anilines is 1. The Labute approximate surface area is 79.3 Å². The van der Waals surface area contributed by atoms with Crippen LogP contribution in [0.5, 0.6) is 5.75 Å². The normalized spacial score (nSPS) is 9.69. The standard InChI is InChI=1S/C6H9N3O3S/c7-9-5-1-3-6(4-2-5)10-11-12-13-8/h1-4,9H,7-8H2. The molecule has 0 radical (unpaired) electrons. The maximum atomic E-state index is 5.15. The average Bonchev–Trinajstić information content (AvgIpc) is 2.19. The van der Waals surface area contributed by atoms with Gasteiger partial charge in [-0.15, -0.1) is 4.33 Å². The molecule has 13 heavy (non-hydrogen) atoms. The predicted molar refractivity (Wildman–Crippen MR) is 48.8 cm³/mol. The van der Waals surface area contributed by atoms with E-state index >= 15 is 0 Å². The van der Waals surface area contributed by atoms with Crippen molar-refractivity contribution in [3.8, 4) is 5.75 Å². The van der Waals surface area contributed by atoms with Crippen molar-refractivity contribution >= 4 is 17.9 Å². The van der Waals surface area contributed by atoms with E-state index < -0.39 is 0 Å². The van der Waals surface area contributed by atoms with Gasteiger partial charge in [0.15, 0.2) is 5.75 Å². The molecule has 0 aliphatic heterocycles. The van der Waals surface area contributed by atoms with Gasteiger partial charge in [-0.25, -0.2) is 0 Å². The Morgan fingerprint density at radius 3 is 2.46 bits per heavy atom. The van der Waals surface area contributed by atoms with Crippen LogP contribution < -0.4 is 21.3 Å². The van der Waals surface area contributed by atoms with E-state index in [1.54, 1.807) is 24.3 Å². The Balaban J connectivity index is 2.40. The van der Waals surface area contributed by atoms with Gasteiger partial charge < -0.3 is 10.3 Å². The van der Waals surface area contributed by atoms with Crippen LogP contribution in [0.25, 0.3) is 0 Å². The van der Waals surface area contributed by atoms with E-state index in [-0.39, 0.29) is 0 Å². The maximum Gasteiger partial charge on any atom is 0.168 e. The molecule has 1 rings (SSSR count). The maximum absolute atomic E-state index is 5.15. The summed E-state index contributed by atoms with van der Waals surface area (Å²) in [7, 11) is 0. The monoisotopic (exact) mass is 203 g/mol. The summed E-state index contributed by atoms with van der Waals surface area (Å²) in [6.45, 7) is 0. The zero-order valence-corrected chi connectivity index (χ0v) is 7.41. The molecule has 0 heterocycles. The van der Waals surface area contributed by atoms with Gasteiger partial charge in [-0.1, -0.05) is 0 Å². The smallest absolute Gasteiger partial charge is 0.168 e. The molecule has 0 aromatic heterocycles. The van der Waals surface area contributed by atoms with Crippen molar-refractivity contribution in [2.24, 2.45) is 11.0 Å². The van der Waals surface area contributed by atoms with E-state index in [4.69, 9.17) is 11.0 Å². The second-order valence-electron chi connectivity index (χ2n) is 1.98. The van der Waals surface area contributed by atoms with E-state index in [1.165, 1.54) is 0 Å². The van der Waals surface area contributed by atoms with E-state index in [9.17, 15) is 0 Å². The number of hydrogen-bond donors (Lipinski definition) is 3. The fraction of sp³-hybridized carbons (Fsp3) is 0. The molecule has 0 aliphatic carbocycles. The molecule has 0 bridgehead atoms. The number of nitrogens with one attached hydrogen (secondary N) is 1. The molecule has 1 aromatic carbocycles. The molecular formula is C6H9N3O3S. The highest BCUT2D eigenvalue weighted by atomic mass is 32.2. The lowest BCUT2D eigenvalue weighted by molar-refractivity contribution is -0.403. The highest BCUT2D eigenvalue weighted by Gasteiger charge is 1.95. The minimum atomic E-state index is 0.480. The third kappa shape index (κ3) is 3.49. The molecule has 0 saturated carbocycles. The summed E-state index contributed by atoms with van der Waals surface area (Å²) in [4.78, 5) is 4.65. The van der Waals surface area contributed by atoms with E-state index in [0.717, 1.165) is 5.69 Å². The predicted octanol–water partition coefficient (Wildman–Crippen LogP) is 0.736. The van der Waals surface area contributed by atoms with Crippen molar-refractivity contribution in [3.63, 3.8) is 0 Å². The summed E-state index contributed by atoms with van der Waals surface area (Å²) in [5.74, 6) is 5.63. The van der Waals surface area contributed by atoms with Gasteiger partial charge in [0.1, 0.15) is 12.2 Å². The van der Waals surface area contributed by atoms with E-state index in [0.29, 0.717) is 18.0 Å². The number of nitrogen functional groups attached to an aromatic ring is 1. The van der Waals surface area contributed by atoms with Crippen molar-refractivity contribution in [2.75, 3.05) is 5.43 Å². The molecule has 6 nitrogen and oxygen atoms in total. The lowest BCUT2D eigenvalue weighted by Gasteiger charge is -2.02. The molecule has 72 valence electrons. The first-order chi connectivity index (χ1) is 6.36. The summed E-state index contributed by atoms with van der Waals surface area (Å²) in [6, 6.07) is 6.74. The Kier molecular flexibility index (Phi) is 4.36. The molecule has 0 atom stereocenters. The quantitative estimate of drug-likeness (QED) is 0.162. The van der Waals surface area contributed by atoms with E-state index in [1.807, 2.05) is 0 Å². The number of hydrogen-bond acceptors (Lipinski definition) is 7. The van der Waals surface area contributed by atoms with Gasteiger partial charge in [0.2, 0.25) is 0 Å². The Hall–Kier alpha value is -0.990. The summed E-state index contributed by atoms with van der Waals surface area (Å²) < 4.78 is 4.23. The number of hydrazine groups is 1. The first-order valence-corrected chi connectivity index (χ1v) is 4.10. The second-order valence-corrected chi connectivity index (χ2v) is 2.31. The minimum absolute atomic E-state index is 0.480. The van der Waals surface area contributed by atoms with Gasteiger partial charge in [-0.2, -0.15) is 0 Å². The van der Waals surface area contributed by atoms with Crippen LogP contribution in [0.4, 0.5) is 5.69 Å². The van der Waals surface area contributed by atoms with Crippen molar-refractivity contribution in [1.82, 2.24) is 0 Å². The van der Waals surface area contributed by atoms with Crippen LogP contribution in [0.15, 0.2) is 24.3 Å². The topological polar surface area (TPSA) is 91.8 Å². The second kappa shape index (κ2) is 5.62. The lowest BCUT2D eigenvalue weighted by Crippen LogP contribution is -2.06. The molecule has 0 spiro atoms. The highest BCUT2D eigenvalue weighted by Crippen LogP contribution is 2.15. The van der Waals surface area contributed by atoms with Crippen molar-refractivity contribution in [1.29, 1.82) is 0 Å². The van der Waals surface area contributed by atoms with Crippen LogP contribution in [0.1, 0.15) is 0 Å². The van der Waals surface area contributed by atoms with Crippen LogP contribution in [-0.2, 0) is 9.37 Å². The Bertz CT molecular complexity index is 243. The third-order valence-electron chi connectivity index (χ3n) is 1.22. The molecule has 1 aromatic rings. The van der Waals surface area contributed by atoms with Gasteiger partial charge in [0, 0.05) is 5.69 Å². The Morgan fingerprint density at radius 2 is 1.92 bits per heavy atom. The van der Waals surface area contributed by atoms with Gasteiger partial charge in [-0.3, -0.25) is 11.0 Å².